The van der Waals surface area contributed by atoms with E-state index in [4.69, 9.17) is 4.74 Å². The summed E-state index contributed by atoms with van der Waals surface area (Å²) >= 11 is 0. The van der Waals surface area contributed by atoms with E-state index in [9.17, 15) is 13.2 Å². The van der Waals surface area contributed by atoms with E-state index >= 15 is 0 Å². The Hall–Kier alpha value is -2.38. The Morgan fingerprint density at radius 2 is 1.87 bits per heavy atom. The van der Waals surface area contributed by atoms with E-state index in [1.165, 1.54) is 6.07 Å². The molecule has 0 aliphatic carbocycles. The molecular weight excluding hydrogens is 309 g/mol. The van der Waals surface area contributed by atoms with E-state index in [2.05, 4.69) is 15.0 Å². The lowest BCUT2D eigenvalue weighted by molar-refractivity contribution is -0.137. The number of alkyl halides is 3. The lowest BCUT2D eigenvalue weighted by atomic mass is 10.3. The summed E-state index contributed by atoms with van der Waals surface area (Å²) in [5, 5.41) is 0. The molecule has 23 heavy (non-hydrogen) atoms. The van der Waals surface area contributed by atoms with Gasteiger partial charge in [-0.3, -0.25) is 0 Å². The highest BCUT2D eigenvalue weighted by Gasteiger charge is 2.31. The molecule has 3 rings (SSSR count). The van der Waals surface area contributed by atoms with Gasteiger partial charge in [0.05, 0.1) is 12.1 Å². The number of pyridine rings is 1. The van der Waals surface area contributed by atoms with Crippen LogP contribution in [0.15, 0.2) is 30.7 Å². The van der Waals surface area contributed by atoms with Crippen molar-refractivity contribution >= 4 is 5.95 Å². The zero-order chi connectivity index (χ0) is 16.4. The molecule has 2 aromatic heterocycles. The van der Waals surface area contributed by atoms with Gasteiger partial charge in [-0.2, -0.15) is 13.2 Å². The molecule has 0 amide bonds. The van der Waals surface area contributed by atoms with Crippen LogP contribution in [0.5, 0.6) is 5.88 Å². The van der Waals surface area contributed by atoms with Crippen molar-refractivity contribution in [2.45, 2.75) is 25.6 Å². The summed E-state index contributed by atoms with van der Waals surface area (Å²) in [6.45, 7) is 3.22. The van der Waals surface area contributed by atoms with E-state index in [0.717, 1.165) is 30.8 Å². The second-order valence-corrected chi connectivity index (χ2v) is 5.42. The zero-order valence-corrected chi connectivity index (χ0v) is 12.4. The quantitative estimate of drug-likeness (QED) is 0.869. The van der Waals surface area contributed by atoms with Gasteiger partial charge in [0.2, 0.25) is 11.8 Å². The van der Waals surface area contributed by atoms with Crippen LogP contribution >= 0.6 is 0 Å². The largest absolute Gasteiger partial charge is 0.472 e. The first-order valence-electron chi connectivity index (χ1n) is 7.15. The molecule has 122 valence electrons. The molecule has 8 heteroatoms. The Kier molecular flexibility index (Phi) is 4.06. The maximum atomic E-state index is 12.5. The monoisotopic (exact) mass is 324 g/mol. The first kappa shape index (κ1) is 15.5. The first-order chi connectivity index (χ1) is 10.9. The molecule has 1 atom stereocenters. The summed E-state index contributed by atoms with van der Waals surface area (Å²) in [6, 6.07) is 2.21. The van der Waals surface area contributed by atoms with Gasteiger partial charge in [-0.05, 0) is 18.6 Å². The SMILES string of the molecule is Cc1cnc(N2CCC(Oc3ccc(C(F)(F)F)cn3)C2)nc1. The first-order valence-corrected chi connectivity index (χ1v) is 7.15. The van der Waals surface area contributed by atoms with Crippen molar-refractivity contribution in [2.24, 2.45) is 0 Å². The minimum Gasteiger partial charge on any atom is -0.472 e. The third-order valence-corrected chi connectivity index (χ3v) is 3.55. The Morgan fingerprint density at radius 3 is 2.48 bits per heavy atom. The molecule has 0 radical (unpaired) electrons. The van der Waals surface area contributed by atoms with Gasteiger partial charge < -0.3 is 9.64 Å². The van der Waals surface area contributed by atoms with Crippen LogP contribution in [0.2, 0.25) is 0 Å². The number of hydrogen-bond donors (Lipinski definition) is 0. The molecule has 1 unspecified atom stereocenters. The number of rotatable bonds is 3. The average molecular weight is 324 g/mol. The number of anilines is 1. The number of aromatic nitrogens is 3. The van der Waals surface area contributed by atoms with Crippen molar-refractivity contribution in [3.8, 4) is 5.88 Å². The molecule has 2 aromatic rings. The molecule has 1 aliphatic heterocycles. The lowest BCUT2D eigenvalue weighted by Crippen LogP contribution is -2.26. The van der Waals surface area contributed by atoms with Crippen LogP contribution in [-0.2, 0) is 6.18 Å². The molecule has 0 N–H and O–H groups in total. The van der Waals surface area contributed by atoms with E-state index in [-0.39, 0.29) is 12.0 Å². The summed E-state index contributed by atoms with van der Waals surface area (Å²) in [6.07, 6.45) is 0.468. The predicted molar refractivity (Wildman–Crippen MR) is 77.3 cm³/mol. The van der Waals surface area contributed by atoms with Gasteiger partial charge >= 0.3 is 6.18 Å². The second-order valence-electron chi connectivity index (χ2n) is 5.42. The fourth-order valence-electron chi connectivity index (χ4n) is 2.34. The number of ether oxygens (including phenoxy) is 1. The van der Waals surface area contributed by atoms with Crippen molar-refractivity contribution in [3.63, 3.8) is 0 Å². The van der Waals surface area contributed by atoms with Crippen LogP contribution in [0.1, 0.15) is 17.5 Å². The fraction of sp³-hybridized carbons (Fsp3) is 0.400. The number of nitrogens with zero attached hydrogens (tertiary/aromatic N) is 4. The Morgan fingerprint density at radius 1 is 1.13 bits per heavy atom. The lowest BCUT2D eigenvalue weighted by Gasteiger charge is -2.16. The van der Waals surface area contributed by atoms with Crippen LogP contribution in [0, 0.1) is 6.92 Å². The minimum absolute atomic E-state index is 0.149. The summed E-state index contributed by atoms with van der Waals surface area (Å²) in [5.41, 5.74) is 0.195. The zero-order valence-electron chi connectivity index (χ0n) is 12.4. The summed E-state index contributed by atoms with van der Waals surface area (Å²) in [7, 11) is 0. The smallest absolute Gasteiger partial charge is 0.417 e. The molecule has 0 spiro atoms. The van der Waals surface area contributed by atoms with Crippen LogP contribution in [0.3, 0.4) is 0 Å². The minimum atomic E-state index is -4.39. The third-order valence-electron chi connectivity index (χ3n) is 3.55. The van der Waals surface area contributed by atoms with E-state index in [1.807, 2.05) is 11.8 Å². The van der Waals surface area contributed by atoms with Crippen molar-refractivity contribution in [1.29, 1.82) is 0 Å². The summed E-state index contributed by atoms with van der Waals surface area (Å²) in [5.74, 6) is 0.816. The van der Waals surface area contributed by atoms with Gasteiger partial charge in [0.25, 0.3) is 0 Å². The van der Waals surface area contributed by atoms with Gasteiger partial charge in [-0.1, -0.05) is 0 Å². The molecule has 1 saturated heterocycles. The van der Waals surface area contributed by atoms with Gasteiger partial charge in [0.15, 0.2) is 0 Å². The van der Waals surface area contributed by atoms with Crippen LogP contribution < -0.4 is 9.64 Å². The summed E-state index contributed by atoms with van der Waals surface area (Å²) in [4.78, 5) is 14.2. The normalized spacial score (nSPS) is 18.3. The topological polar surface area (TPSA) is 51.1 Å². The second kappa shape index (κ2) is 6.02. The van der Waals surface area contributed by atoms with Crippen LogP contribution in [0.4, 0.5) is 19.1 Å². The van der Waals surface area contributed by atoms with Gasteiger partial charge in [0.1, 0.15) is 6.10 Å². The van der Waals surface area contributed by atoms with Crippen molar-refractivity contribution in [2.75, 3.05) is 18.0 Å². The Labute approximate surface area is 131 Å². The molecule has 1 fully saturated rings. The standard InChI is InChI=1S/C15H15F3N4O/c1-10-6-20-14(21-7-10)22-5-4-12(9-22)23-13-3-2-11(8-19-13)15(16,17)18/h2-3,6-8,12H,4-5,9H2,1H3. The van der Waals surface area contributed by atoms with Crippen LogP contribution in [0.25, 0.3) is 0 Å². The molecule has 0 saturated carbocycles. The number of hydrogen-bond acceptors (Lipinski definition) is 5. The van der Waals surface area contributed by atoms with Crippen LogP contribution in [-0.4, -0.2) is 34.1 Å². The van der Waals surface area contributed by atoms with Gasteiger partial charge in [-0.25, -0.2) is 15.0 Å². The molecule has 3 heterocycles. The average Bonchev–Trinajstić information content (AvgIpc) is 2.96. The molecule has 0 aromatic carbocycles. The summed E-state index contributed by atoms with van der Waals surface area (Å²) < 4.78 is 43.1. The van der Waals surface area contributed by atoms with E-state index < -0.39 is 11.7 Å². The highest BCUT2D eigenvalue weighted by Crippen LogP contribution is 2.29. The fourth-order valence-corrected chi connectivity index (χ4v) is 2.34. The van der Waals surface area contributed by atoms with Gasteiger partial charge in [0, 0.05) is 37.6 Å². The Bertz CT molecular complexity index is 658. The maximum Gasteiger partial charge on any atom is 0.417 e. The molecule has 1 aliphatic rings. The molecule has 5 nitrogen and oxygen atoms in total. The Balaban J connectivity index is 1.60. The van der Waals surface area contributed by atoms with E-state index in [0.29, 0.717) is 12.5 Å². The molecular formula is C15H15F3N4O. The van der Waals surface area contributed by atoms with Crippen molar-refractivity contribution < 1.29 is 17.9 Å². The number of halogens is 3. The highest BCUT2D eigenvalue weighted by molar-refractivity contribution is 5.32. The van der Waals surface area contributed by atoms with E-state index in [1.54, 1.807) is 12.4 Å². The predicted octanol–water partition coefficient (Wildman–Crippen LogP) is 2.86. The van der Waals surface area contributed by atoms with Crippen molar-refractivity contribution in [1.82, 2.24) is 15.0 Å². The maximum absolute atomic E-state index is 12.5. The highest BCUT2D eigenvalue weighted by atomic mass is 19.4. The van der Waals surface area contributed by atoms with Crippen molar-refractivity contribution in [3.05, 3.63) is 41.9 Å². The third kappa shape index (κ3) is 3.69. The molecule has 0 bridgehead atoms. The van der Waals surface area contributed by atoms with Gasteiger partial charge in [-0.15, -0.1) is 0 Å². The number of aryl methyl sites for hydroxylation is 1.